The Labute approximate surface area is 167 Å². The molecule has 0 aliphatic heterocycles. The van der Waals surface area contributed by atoms with Gasteiger partial charge in [-0.3, -0.25) is 9.78 Å². The van der Waals surface area contributed by atoms with Crippen molar-refractivity contribution in [1.82, 2.24) is 4.98 Å². The van der Waals surface area contributed by atoms with Crippen LogP contribution in [0.2, 0.25) is 5.02 Å². The number of esters is 1. The first kappa shape index (κ1) is 19.6. The smallest absolute Gasteiger partial charge is 0.344 e. The summed E-state index contributed by atoms with van der Waals surface area (Å²) in [5, 5.41) is 4.19. The van der Waals surface area contributed by atoms with E-state index in [2.05, 4.69) is 10.3 Å². The number of carbonyl (C=O) groups excluding carboxylic acids is 2. The molecule has 0 aliphatic rings. The Bertz CT molecular complexity index is 1040. The molecule has 144 valence electrons. The molecule has 1 N–H and O–H groups in total. The topological polar surface area (TPSA) is 77.5 Å². The Hall–Kier alpha value is -3.12. The van der Waals surface area contributed by atoms with E-state index in [1.807, 2.05) is 6.07 Å². The van der Waals surface area contributed by atoms with Crippen LogP contribution in [0.4, 0.5) is 5.69 Å². The van der Waals surface area contributed by atoms with Crippen LogP contribution in [-0.4, -0.2) is 30.1 Å². The van der Waals surface area contributed by atoms with Crippen LogP contribution >= 0.6 is 11.6 Å². The molecule has 3 rings (SSSR count). The minimum absolute atomic E-state index is 0.195. The van der Waals surface area contributed by atoms with Crippen LogP contribution in [0.5, 0.6) is 5.75 Å². The molecule has 0 radical (unpaired) electrons. The lowest BCUT2D eigenvalue weighted by atomic mass is 10.1. The second-order valence-corrected chi connectivity index (χ2v) is 6.47. The fourth-order valence-electron chi connectivity index (χ4n) is 2.68. The summed E-state index contributed by atoms with van der Waals surface area (Å²) >= 11 is 6.03. The van der Waals surface area contributed by atoms with Gasteiger partial charge < -0.3 is 14.8 Å². The third kappa shape index (κ3) is 4.78. The number of nitrogens with one attached hydrogen (secondary N) is 1. The highest BCUT2D eigenvalue weighted by molar-refractivity contribution is 6.31. The number of hydrogen-bond acceptors (Lipinski definition) is 5. The molecule has 1 heterocycles. The molecule has 6 nitrogen and oxygen atoms in total. The van der Waals surface area contributed by atoms with Crippen molar-refractivity contribution < 1.29 is 19.1 Å². The van der Waals surface area contributed by atoms with Crippen LogP contribution in [0.3, 0.4) is 0 Å². The first-order valence-corrected chi connectivity index (χ1v) is 9.11. The highest BCUT2D eigenvalue weighted by atomic mass is 35.5. The van der Waals surface area contributed by atoms with E-state index in [-0.39, 0.29) is 12.5 Å². The lowest BCUT2D eigenvalue weighted by Gasteiger charge is -2.11. The number of carbonyl (C=O) groups is 2. The SMILES string of the molecule is CCOC(=O)COc1cccc(NC(=O)c2cc3cc(Cl)ccc3nc2C)c1. The molecule has 0 atom stereocenters. The molecular formula is C21H19ClN2O4. The van der Waals surface area contributed by atoms with Gasteiger partial charge in [-0.05, 0) is 50.2 Å². The highest BCUT2D eigenvalue weighted by Gasteiger charge is 2.13. The molecule has 0 aliphatic carbocycles. The molecule has 2 aromatic carbocycles. The number of anilines is 1. The summed E-state index contributed by atoms with van der Waals surface area (Å²) in [6.07, 6.45) is 0. The van der Waals surface area contributed by atoms with E-state index in [1.54, 1.807) is 56.3 Å². The Morgan fingerprint density at radius 1 is 1.14 bits per heavy atom. The molecule has 28 heavy (non-hydrogen) atoms. The monoisotopic (exact) mass is 398 g/mol. The Morgan fingerprint density at radius 3 is 2.75 bits per heavy atom. The second kappa shape index (κ2) is 8.71. The van der Waals surface area contributed by atoms with E-state index >= 15 is 0 Å². The van der Waals surface area contributed by atoms with Crippen molar-refractivity contribution >= 4 is 40.1 Å². The van der Waals surface area contributed by atoms with Crippen LogP contribution in [0.1, 0.15) is 23.0 Å². The van der Waals surface area contributed by atoms with Gasteiger partial charge in [0, 0.05) is 22.2 Å². The van der Waals surface area contributed by atoms with Gasteiger partial charge in [0.05, 0.1) is 23.4 Å². The zero-order chi connectivity index (χ0) is 20.1. The minimum Gasteiger partial charge on any atom is -0.482 e. The van der Waals surface area contributed by atoms with Crippen molar-refractivity contribution in [2.24, 2.45) is 0 Å². The number of halogens is 1. The molecule has 1 aromatic heterocycles. The summed E-state index contributed by atoms with van der Waals surface area (Å²) in [5.74, 6) is -0.297. The van der Waals surface area contributed by atoms with Gasteiger partial charge in [0.15, 0.2) is 6.61 Å². The number of pyridine rings is 1. The molecule has 0 saturated heterocycles. The van der Waals surface area contributed by atoms with Gasteiger partial charge in [-0.25, -0.2) is 4.79 Å². The number of aromatic nitrogens is 1. The van der Waals surface area contributed by atoms with Crippen molar-refractivity contribution in [3.05, 3.63) is 64.8 Å². The third-order valence-corrected chi connectivity index (χ3v) is 4.20. The summed E-state index contributed by atoms with van der Waals surface area (Å²) in [6, 6.07) is 13.9. The van der Waals surface area contributed by atoms with Crippen LogP contribution in [-0.2, 0) is 9.53 Å². The molecule has 0 fully saturated rings. The van der Waals surface area contributed by atoms with E-state index in [0.717, 1.165) is 10.9 Å². The highest BCUT2D eigenvalue weighted by Crippen LogP contribution is 2.22. The fourth-order valence-corrected chi connectivity index (χ4v) is 2.86. The molecule has 0 unspecified atom stereocenters. The fraction of sp³-hybridized carbons (Fsp3) is 0.190. The maximum Gasteiger partial charge on any atom is 0.344 e. The van der Waals surface area contributed by atoms with Crippen LogP contribution in [0, 0.1) is 6.92 Å². The number of benzene rings is 2. The van der Waals surface area contributed by atoms with Crippen molar-refractivity contribution in [2.75, 3.05) is 18.5 Å². The zero-order valence-electron chi connectivity index (χ0n) is 15.5. The number of ether oxygens (including phenoxy) is 2. The predicted molar refractivity (Wildman–Crippen MR) is 108 cm³/mol. The summed E-state index contributed by atoms with van der Waals surface area (Å²) in [7, 11) is 0. The molecule has 0 spiro atoms. The Kier molecular flexibility index (Phi) is 6.11. The van der Waals surface area contributed by atoms with Crippen LogP contribution < -0.4 is 10.1 Å². The minimum atomic E-state index is -0.450. The maximum absolute atomic E-state index is 12.7. The van der Waals surface area contributed by atoms with E-state index in [0.29, 0.717) is 34.3 Å². The summed E-state index contributed by atoms with van der Waals surface area (Å²) in [4.78, 5) is 28.6. The van der Waals surface area contributed by atoms with Crippen LogP contribution in [0.25, 0.3) is 10.9 Å². The number of amides is 1. The Morgan fingerprint density at radius 2 is 1.96 bits per heavy atom. The van der Waals surface area contributed by atoms with Gasteiger partial charge in [-0.1, -0.05) is 17.7 Å². The number of aryl methyl sites for hydroxylation is 1. The van der Waals surface area contributed by atoms with E-state index in [4.69, 9.17) is 21.1 Å². The zero-order valence-corrected chi connectivity index (χ0v) is 16.2. The first-order chi connectivity index (χ1) is 13.5. The van der Waals surface area contributed by atoms with Crippen molar-refractivity contribution in [3.8, 4) is 5.75 Å². The molecular weight excluding hydrogens is 380 g/mol. The maximum atomic E-state index is 12.7. The predicted octanol–water partition coefficient (Wildman–Crippen LogP) is 4.39. The van der Waals surface area contributed by atoms with E-state index < -0.39 is 5.97 Å². The second-order valence-electron chi connectivity index (χ2n) is 6.03. The van der Waals surface area contributed by atoms with Gasteiger partial charge in [0.2, 0.25) is 0 Å². The van der Waals surface area contributed by atoms with Crippen molar-refractivity contribution in [1.29, 1.82) is 0 Å². The van der Waals surface area contributed by atoms with Crippen molar-refractivity contribution in [3.63, 3.8) is 0 Å². The van der Waals surface area contributed by atoms with E-state index in [1.165, 1.54) is 0 Å². The standard InChI is InChI=1S/C21H19ClN2O4/c1-3-27-20(25)12-28-17-6-4-5-16(11-17)24-21(26)18-10-14-9-15(22)7-8-19(14)23-13(18)2/h4-11H,3,12H2,1-2H3,(H,24,26). The summed E-state index contributed by atoms with van der Waals surface area (Å²) in [6.45, 7) is 3.61. The molecule has 1 amide bonds. The van der Waals surface area contributed by atoms with Gasteiger partial charge in [0.1, 0.15) is 5.75 Å². The number of rotatable bonds is 6. The lowest BCUT2D eigenvalue weighted by molar-refractivity contribution is -0.145. The average Bonchev–Trinajstić information content (AvgIpc) is 2.66. The first-order valence-electron chi connectivity index (χ1n) is 8.73. The van der Waals surface area contributed by atoms with Crippen molar-refractivity contribution in [2.45, 2.75) is 13.8 Å². The Balaban J connectivity index is 1.76. The van der Waals surface area contributed by atoms with Gasteiger partial charge >= 0.3 is 5.97 Å². The summed E-state index contributed by atoms with van der Waals surface area (Å²) in [5.41, 5.74) is 2.37. The van der Waals surface area contributed by atoms with Gasteiger partial charge in [-0.15, -0.1) is 0 Å². The third-order valence-electron chi connectivity index (χ3n) is 3.97. The lowest BCUT2D eigenvalue weighted by Crippen LogP contribution is -2.15. The summed E-state index contributed by atoms with van der Waals surface area (Å²) < 4.78 is 10.2. The number of nitrogens with zero attached hydrogens (tertiary/aromatic N) is 1. The molecule has 0 bridgehead atoms. The quantitative estimate of drug-likeness (QED) is 0.623. The molecule has 0 saturated carbocycles. The molecule has 3 aromatic rings. The number of fused-ring (bicyclic) bond motifs is 1. The van der Waals surface area contributed by atoms with Gasteiger partial charge in [0.25, 0.3) is 5.91 Å². The number of hydrogen-bond donors (Lipinski definition) is 1. The average molecular weight is 399 g/mol. The molecule has 7 heteroatoms. The largest absolute Gasteiger partial charge is 0.482 e. The van der Waals surface area contributed by atoms with Gasteiger partial charge in [-0.2, -0.15) is 0 Å². The van der Waals surface area contributed by atoms with Crippen LogP contribution in [0.15, 0.2) is 48.5 Å². The normalized spacial score (nSPS) is 10.5. The van der Waals surface area contributed by atoms with E-state index in [9.17, 15) is 9.59 Å².